The molecule has 4 rings (SSSR count). The molecule has 1 fully saturated rings. The quantitative estimate of drug-likeness (QED) is 0.771. The predicted molar refractivity (Wildman–Crippen MR) is 96.9 cm³/mol. The summed E-state index contributed by atoms with van der Waals surface area (Å²) >= 11 is 0. The largest absolute Gasteiger partial charge is 0.478 e. The summed E-state index contributed by atoms with van der Waals surface area (Å²) in [6.07, 6.45) is 0.980. The number of fused-ring (bicyclic) bond motifs is 1. The summed E-state index contributed by atoms with van der Waals surface area (Å²) in [5.74, 6) is -0.578. The number of hydrogen-bond donors (Lipinski definition) is 1. The van der Waals surface area contributed by atoms with Gasteiger partial charge in [-0.25, -0.2) is 4.79 Å². The molecule has 1 aliphatic heterocycles. The van der Waals surface area contributed by atoms with Crippen molar-refractivity contribution in [3.8, 4) is 0 Å². The standard InChI is InChI=1S/C21H19NO2/c23-21(24)19-10-4-3-8-17(19)16-12-13-22(14-16)20-11-5-7-15-6-1-2-9-18(15)20/h1-11,16H,12-14H2,(H,23,24). The van der Waals surface area contributed by atoms with Gasteiger partial charge in [-0.05, 0) is 29.5 Å². The zero-order valence-corrected chi connectivity index (χ0v) is 13.4. The first-order valence-corrected chi connectivity index (χ1v) is 8.29. The van der Waals surface area contributed by atoms with Gasteiger partial charge >= 0.3 is 5.97 Å². The molecular formula is C21H19NO2. The second-order valence-corrected chi connectivity index (χ2v) is 6.32. The van der Waals surface area contributed by atoms with Crippen molar-refractivity contribution in [1.29, 1.82) is 0 Å². The minimum atomic E-state index is -0.839. The monoisotopic (exact) mass is 317 g/mol. The molecular weight excluding hydrogens is 298 g/mol. The Kier molecular flexibility index (Phi) is 3.69. The van der Waals surface area contributed by atoms with Crippen LogP contribution in [-0.2, 0) is 0 Å². The second-order valence-electron chi connectivity index (χ2n) is 6.32. The fourth-order valence-corrected chi connectivity index (χ4v) is 3.76. The summed E-state index contributed by atoms with van der Waals surface area (Å²) in [6, 6.07) is 22.2. The second kappa shape index (κ2) is 6.00. The molecule has 3 aromatic carbocycles. The van der Waals surface area contributed by atoms with Crippen molar-refractivity contribution in [2.75, 3.05) is 18.0 Å². The Morgan fingerprint density at radius 1 is 0.958 bits per heavy atom. The van der Waals surface area contributed by atoms with Crippen LogP contribution in [0.2, 0.25) is 0 Å². The van der Waals surface area contributed by atoms with Gasteiger partial charge in [-0.2, -0.15) is 0 Å². The number of carboxylic acids is 1. The molecule has 0 saturated carbocycles. The van der Waals surface area contributed by atoms with Gasteiger partial charge in [-0.1, -0.05) is 54.6 Å². The van der Waals surface area contributed by atoms with Gasteiger partial charge in [0.1, 0.15) is 0 Å². The van der Waals surface area contributed by atoms with E-state index in [1.165, 1.54) is 16.5 Å². The Bertz CT molecular complexity index is 898. The van der Waals surface area contributed by atoms with E-state index in [1.807, 2.05) is 12.1 Å². The SMILES string of the molecule is O=C(O)c1ccccc1C1CCN(c2cccc3ccccc23)C1. The maximum absolute atomic E-state index is 11.5. The summed E-state index contributed by atoms with van der Waals surface area (Å²) < 4.78 is 0. The van der Waals surface area contributed by atoms with Crippen LogP contribution in [0.1, 0.15) is 28.3 Å². The van der Waals surface area contributed by atoms with Crippen molar-refractivity contribution in [3.63, 3.8) is 0 Å². The molecule has 0 aromatic heterocycles. The van der Waals surface area contributed by atoms with Crippen LogP contribution >= 0.6 is 0 Å². The molecule has 1 heterocycles. The molecule has 3 heteroatoms. The molecule has 1 N–H and O–H groups in total. The van der Waals surface area contributed by atoms with Crippen LogP contribution < -0.4 is 4.90 Å². The van der Waals surface area contributed by atoms with Gasteiger partial charge in [0.25, 0.3) is 0 Å². The van der Waals surface area contributed by atoms with Crippen LogP contribution in [0.3, 0.4) is 0 Å². The maximum atomic E-state index is 11.5. The van der Waals surface area contributed by atoms with Crippen molar-refractivity contribution < 1.29 is 9.90 Å². The fourth-order valence-electron chi connectivity index (χ4n) is 3.76. The molecule has 3 aromatic rings. The van der Waals surface area contributed by atoms with Gasteiger partial charge < -0.3 is 10.0 Å². The van der Waals surface area contributed by atoms with Crippen molar-refractivity contribution in [1.82, 2.24) is 0 Å². The average molecular weight is 317 g/mol. The summed E-state index contributed by atoms with van der Waals surface area (Å²) in [5.41, 5.74) is 2.62. The van der Waals surface area contributed by atoms with E-state index in [-0.39, 0.29) is 5.92 Å². The fraction of sp³-hybridized carbons (Fsp3) is 0.190. The smallest absolute Gasteiger partial charge is 0.335 e. The van der Waals surface area contributed by atoms with Gasteiger partial charge in [-0.15, -0.1) is 0 Å². The first-order chi connectivity index (χ1) is 11.7. The first kappa shape index (κ1) is 14.8. The molecule has 0 aliphatic carbocycles. The third kappa shape index (κ3) is 2.52. The van der Waals surface area contributed by atoms with Gasteiger partial charge in [0, 0.05) is 30.1 Å². The third-order valence-electron chi connectivity index (χ3n) is 4.93. The summed E-state index contributed by atoms with van der Waals surface area (Å²) in [6.45, 7) is 1.81. The molecule has 120 valence electrons. The lowest BCUT2D eigenvalue weighted by Gasteiger charge is -2.21. The van der Waals surface area contributed by atoms with E-state index in [2.05, 4.69) is 47.4 Å². The lowest BCUT2D eigenvalue weighted by molar-refractivity contribution is 0.0695. The highest BCUT2D eigenvalue weighted by molar-refractivity contribution is 5.94. The number of carbonyl (C=O) groups is 1. The number of carboxylic acid groups (broad SMARTS) is 1. The molecule has 3 nitrogen and oxygen atoms in total. The number of benzene rings is 3. The van der Waals surface area contributed by atoms with Crippen LogP contribution in [0.5, 0.6) is 0 Å². The molecule has 1 saturated heterocycles. The van der Waals surface area contributed by atoms with Crippen LogP contribution in [0, 0.1) is 0 Å². The van der Waals surface area contributed by atoms with E-state index in [0.717, 1.165) is 25.1 Å². The van der Waals surface area contributed by atoms with Crippen molar-refractivity contribution >= 4 is 22.4 Å². The molecule has 24 heavy (non-hydrogen) atoms. The number of hydrogen-bond acceptors (Lipinski definition) is 2. The Hall–Kier alpha value is -2.81. The normalized spacial score (nSPS) is 17.3. The molecule has 0 radical (unpaired) electrons. The van der Waals surface area contributed by atoms with Gasteiger partial charge in [0.15, 0.2) is 0 Å². The predicted octanol–water partition coefficient (Wildman–Crippen LogP) is 4.53. The molecule has 0 bridgehead atoms. The first-order valence-electron chi connectivity index (χ1n) is 8.29. The number of rotatable bonds is 3. The third-order valence-corrected chi connectivity index (χ3v) is 4.93. The molecule has 1 aliphatic rings. The van der Waals surface area contributed by atoms with Crippen LogP contribution in [0.25, 0.3) is 10.8 Å². The van der Waals surface area contributed by atoms with E-state index in [4.69, 9.17) is 0 Å². The van der Waals surface area contributed by atoms with Crippen molar-refractivity contribution in [3.05, 3.63) is 77.9 Å². The van der Waals surface area contributed by atoms with Gasteiger partial charge in [0.2, 0.25) is 0 Å². The van der Waals surface area contributed by atoms with E-state index in [1.54, 1.807) is 12.1 Å². The minimum absolute atomic E-state index is 0.260. The van der Waals surface area contributed by atoms with E-state index in [9.17, 15) is 9.90 Å². The minimum Gasteiger partial charge on any atom is -0.478 e. The highest BCUT2D eigenvalue weighted by Gasteiger charge is 2.27. The highest BCUT2D eigenvalue weighted by Crippen LogP contribution is 2.35. The lowest BCUT2D eigenvalue weighted by atomic mass is 9.93. The maximum Gasteiger partial charge on any atom is 0.335 e. The van der Waals surface area contributed by atoms with Crippen LogP contribution in [0.4, 0.5) is 5.69 Å². The van der Waals surface area contributed by atoms with Crippen LogP contribution in [0.15, 0.2) is 66.7 Å². The molecule has 0 spiro atoms. The van der Waals surface area contributed by atoms with Gasteiger partial charge in [-0.3, -0.25) is 0 Å². The summed E-state index contributed by atoms with van der Waals surface area (Å²) in [5, 5.41) is 11.9. The number of nitrogens with zero attached hydrogens (tertiary/aromatic N) is 1. The topological polar surface area (TPSA) is 40.5 Å². The summed E-state index contributed by atoms with van der Waals surface area (Å²) in [7, 11) is 0. The van der Waals surface area contributed by atoms with E-state index >= 15 is 0 Å². The van der Waals surface area contributed by atoms with E-state index in [0.29, 0.717) is 5.56 Å². The van der Waals surface area contributed by atoms with Crippen molar-refractivity contribution in [2.24, 2.45) is 0 Å². The zero-order valence-electron chi connectivity index (χ0n) is 13.4. The number of anilines is 1. The summed E-state index contributed by atoms with van der Waals surface area (Å²) in [4.78, 5) is 13.9. The Balaban J connectivity index is 1.67. The average Bonchev–Trinajstić information content (AvgIpc) is 3.11. The van der Waals surface area contributed by atoms with Crippen LogP contribution in [-0.4, -0.2) is 24.2 Å². The van der Waals surface area contributed by atoms with Crippen molar-refractivity contribution in [2.45, 2.75) is 12.3 Å². The molecule has 1 atom stereocenters. The zero-order chi connectivity index (χ0) is 16.5. The Morgan fingerprint density at radius 2 is 1.71 bits per heavy atom. The van der Waals surface area contributed by atoms with E-state index < -0.39 is 5.97 Å². The lowest BCUT2D eigenvalue weighted by Crippen LogP contribution is -2.20. The van der Waals surface area contributed by atoms with Gasteiger partial charge in [0.05, 0.1) is 5.56 Å². The molecule has 0 amide bonds. The highest BCUT2D eigenvalue weighted by atomic mass is 16.4. The Labute approximate surface area is 141 Å². The molecule has 1 unspecified atom stereocenters. The Morgan fingerprint density at radius 3 is 2.58 bits per heavy atom. The number of aromatic carboxylic acids is 1.